The molecular formula is C20H28N4O. The van der Waals surface area contributed by atoms with Gasteiger partial charge in [-0.3, -0.25) is 14.6 Å². The molecule has 0 bridgehead atoms. The second-order valence-electron chi connectivity index (χ2n) is 7.39. The maximum atomic E-state index is 12.3. The quantitative estimate of drug-likeness (QED) is 0.845. The first kappa shape index (κ1) is 17.9. The summed E-state index contributed by atoms with van der Waals surface area (Å²) in [5.74, 6) is 0.303. The summed E-state index contributed by atoms with van der Waals surface area (Å²) in [6, 6.07) is 10.1. The van der Waals surface area contributed by atoms with E-state index in [1.54, 1.807) is 0 Å². The van der Waals surface area contributed by atoms with E-state index in [0.717, 1.165) is 52.1 Å². The van der Waals surface area contributed by atoms with E-state index < -0.39 is 0 Å². The maximum Gasteiger partial charge on any atom is 0.222 e. The second kappa shape index (κ2) is 7.55. The molecule has 0 saturated carbocycles. The smallest absolute Gasteiger partial charge is 0.222 e. The van der Waals surface area contributed by atoms with Gasteiger partial charge in [-0.2, -0.15) is 5.26 Å². The lowest BCUT2D eigenvalue weighted by Crippen LogP contribution is -2.60. The number of nitriles is 1. The average molecular weight is 340 g/mol. The zero-order chi connectivity index (χ0) is 17.9. The Bertz CT molecular complexity index is 651. The van der Waals surface area contributed by atoms with E-state index >= 15 is 0 Å². The largest absolute Gasteiger partial charge is 0.343 e. The van der Waals surface area contributed by atoms with Crippen molar-refractivity contribution in [3.63, 3.8) is 0 Å². The molecule has 5 heteroatoms. The van der Waals surface area contributed by atoms with Gasteiger partial charge < -0.3 is 4.90 Å². The van der Waals surface area contributed by atoms with Crippen molar-refractivity contribution in [1.82, 2.24) is 14.7 Å². The van der Waals surface area contributed by atoms with Crippen LogP contribution in [0.25, 0.3) is 0 Å². The number of amides is 1. The molecule has 1 aromatic carbocycles. The van der Waals surface area contributed by atoms with E-state index in [9.17, 15) is 4.79 Å². The zero-order valence-corrected chi connectivity index (χ0v) is 15.4. The first-order valence-electron chi connectivity index (χ1n) is 9.27. The molecule has 0 radical (unpaired) electrons. The number of carbonyl (C=O) groups excluding carboxylic acids is 1. The van der Waals surface area contributed by atoms with E-state index in [1.807, 2.05) is 17.0 Å². The minimum absolute atomic E-state index is 0.102. The summed E-state index contributed by atoms with van der Waals surface area (Å²) in [4.78, 5) is 19.3. The van der Waals surface area contributed by atoms with Gasteiger partial charge in [0.05, 0.1) is 11.6 Å². The first-order valence-corrected chi connectivity index (χ1v) is 9.27. The molecule has 0 N–H and O–H groups in total. The molecule has 1 spiro atoms. The summed E-state index contributed by atoms with van der Waals surface area (Å²) in [7, 11) is 2.21. The molecule has 2 aliphatic rings. The topological polar surface area (TPSA) is 50.6 Å². The molecule has 1 atom stereocenters. The van der Waals surface area contributed by atoms with Crippen molar-refractivity contribution < 1.29 is 4.79 Å². The van der Waals surface area contributed by atoms with Crippen LogP contribution in [0.4, 0.5) is 0 Å². The van der Waals surface area contributed by atoms with Crippen LogP contribution in [-0.2, 0) is 11.3 Å². The summed E-state index contributed by atoms with van der Waals surface area (Å²) < 4.78 is 0. The Balaban J connectivity index is 1.70. The van der Waals surface area contributed by atoms with Crippen LogP contribution >= 0.6 is 0 Å². The van der Waals surface area contributed by atoms with Crippen molar-refractivity contribution in [2.45, 2.75) is 38.3 Å². The van der Waals surface area contributed by atoms with Crippen molar-refractivity contribution in [3.8, 4) is 6.07 Å². The van der Waals surface area contributed by atoms with Gasteiger partial charge in [-0.15, -0.1) is 0 Å². The minimum Gasteiger partial charge on any atom is -0.343 e. The number of piperazine rings is 1. The normalized spacial score (nSPS) is 25.8. The van der Waals surface area contributed by atoms with Crippen LogP contribution in [0.5, 0.6) is 0 Å². The molecule has 1 aromatic rings. The van der Waals surface area contributed by atoms with Gasteiger partial charge in [-0.25, -0.2) is 0 Å². The minimum atomic E-state index is 0.102. The Morgan fingerprint density at radius 3 is 2.60 bits per heavy atom. The van der Waals surface area contributed by atoms with Gasteiger partial charge in [-0.05, 0) is 44.5 Å². The molecule has 0 aliphatic carbocycles. The number of rotatable bonds is 3. The highest BCUT2D eigenvalue weighted by Gasteiger charge is 2.41. The van der Waals surface area contributed by atoms with Crippen molar-refractivity contribution in [1.29, 1.82) is 5.26 Å². The molecule has 0 aromatic heterocycles. The Hall–Kier alpha value is -1.90. The SMILES string of the molecule is CCN1CCC2(CCC1=O)CN(Cc1ccc(C#N)cc1)CCN2C. The third-order valence-corrected chi connectivity index (χ3v) is 5.95. The van der Waals surface area contributed by atoms with Crippen molar-refractivity contribution in [2.24, 2.45) is 0 Å². The van der Waals surface area contributed by atoms with E-state index in [-0.39, 0.29) is 5.54 Å². The van der Waals surface area contributed by atoms with Crippen LogP contribution in [0.1, 0.15) is 37.3 Å². The number of hydrogen-bond acceptors (Lipinski definition) is 4. The van der Waals surface area contributed by atoms with E-state index in [1.165, 1.54) is 5.56 Å². The standard InChI is InChI=1S/C20H28N4O/c1-3-24-11-10-20(9-8-19(24)25)16-23(13-12-22(20)2)15-18-6-4-17(14-21)5-7-18/h4-7H,3,8-13,15-16H2,1-2H3. The highest BCUT2D eigenvalue weighted by molar-refractivity contribution is 5.76. The summed E-state index contributed by atoms with van der Waals surface area (Å²) in [6.45, 7) is 7.75. The average Bonchev–Trinajstić information content (AvgIpc) is 2.79. The van der Waals surface area contributed by atoms with Crippen molar-refractivity contribution in [3.05, 3.63) is 35.4 Å². The van der Waals surface area contributed by atoms with Crippen molar-refractivity contribution in [2.75, 3.05) is 39.8 Å². The molecule has 2 heterocycles. The molecule has 1 unspecified atom stereocenters. The van der Waals surface area contributed by atoms with Crippen LogP contribution in [0, 0.1) is 11.3 Å². The Morgan fingerprint density at radius 1 is 1.16 bits per heavy atom. The fraction of sp³-hybridized carbons (Fsp3) is 0.600. The second-order valence-corrected chi connectivity index (χ2v) is 7.39. The number of likely N-dealkylation sites (tertiary alicyclic amines) is 1. The Labute approximate surface area is 150 Å². The summed E-state index contributed by atoms with van der Waals surface area (Å²) in [6.07, 6.45) is 2.65. The van der Waals surface area contributed by atoms with Gasteiger partial charge in [0.25, 0.3) is 0 Å². The van der Waals surface area contributed by atoms with Crippen LogP contribution in [0.3, 0.4) is 0 Å². The lowest BCUT2D eigenvalue weighted by atomic mass is 9.86. The van der Waals surface area contributed by atoms with Crippen LogP contribution in [-0.4, -0.2) is 65.9 Å². The molecule has 25 heavy (non-hydrogen) atoms. The predicted octanol–water partition coefficient (Wildman–Crippen LogP) is 2.08. The lowest BCUT2D eigenvalue weighted by Gasteiger charge is -2.49. The third-order valence-electron chi connectivity index (χ3n) is 5.95. The summed E-state index contributed by atoms with van der Waals surface area (Å²) in [5.41, 5.74) is 2.06. The fourth-order valence-electron chi connectivity index (χ4n) is 4.19. The molecule has 2 saturated heterocycles. The van der Waals surface area contributed by atoms with Crippen LogP contribution in [0.2, 0.25) is 0 Å². The summed E-state index contributed by atoms with van der Waals surface area (Å²) in [5, 5.41) is 8.94. The molecule has 2 fully saturated rings. The Kier molecular flexibility index (Phi) is 5.41. The lowest BCUT2D eigenvalue weighted by molar-refractivity contribution is -0.130. The summed E-state index contributed by atoms with van der Waals surface area (Å²) >= 11 is 0. The monoisotopic (exact) mass is 340 g/mol. The van der Waals surface area contributed by atoms with E-state index in [2.05, 4.69) is 42.0 Å². The van der Waals surface area contributed by atoms with Gasteiger partial charge in [0.15, 0.2) is 0 Å². The molecule has 2 aliphatic heterocycles. The predicted molar refractivity (Wildman–Crippen MR) is 97.9 cm³/mol. The van der Waals surface area contributed by atoms with Crippen molar-refractivity contribution >= 4 is 5.91 Å². The highest BCUT2D eigenvalue weighted by Crippen LogP contribution is 2.32. The molecule has 1 amide bonds. The van der Waals surface area contributed by atoms with E-state index in [4.69, 9.17) is 5.26 Å². The number of nitrogens with zero attached hydrogens (tertiary/aromatic N) is 4. The number of carbonyl (C=O) groups is 1. The van der Waals surface area contributed by atoms with Crippen LogP contribution in [0.15, 0.2) is 24.3 Å². The van der Waals surface area contributed by atoms with Gasteiger partial charge in [0.2, 0.25) is 5.91 Å². The van der Waals surface area contributed by atoms with Gasteiger partial charge in [-0.1, -0.05) is 12.1 Å². The highest BCUT2D eigenvalue weighted by atomic mass is 16.2. The van der Waals surface area contributed by atoms with Gasteiger partial charge >= 0.3 is 0 Å². The maximum absolute atomic E-state index is 12.3. The van der Waals surface area contributed by atoms with E-state index in [0.29, 0.717) is 17.9 Å². The number of hydrogen-bond donors (Lipinski definition) is 0. The number of benzene rings is 1. The molecular weight excluding hydrogens is 312 g/mol. The molecule has 3 rings (SSSR count). The zero-order valence-electron chi connectivity index (χ0n) is 15.4. The fourth-order valence-corrected chi connectivity index (χ4v) is 4.19. The van der Waals surface area contributed by atoms with Gasteiger partial charge in [0, 0.05) is 51.2 Å². The van der Waals surface area contributed by atoms with Crippen LogP contribution < -0.4 is 0 Å². The molecule has 134 valence electrons. The Morgan fingerprint density at radius 2 is 1.92 bits per heavy atom. The third kappa shape index (κ3) is 3.86. The number of likely N-dealkylation sites (N-methyl/N-ethyl adjacent to an activating group) is 1. The molecule has 5 nitrogen and oxygen atoms in total. The first-order chi connectivity index (χ1) is 12.1. The van der Waals surface area contributed by atoms with Gasteiger partial charge in [0.1, 0.15) is 0 Å².